The SMILES string of the molecule is CC(C)CC(NC(=O)c1ccc(I)cc1)C(=O)Nc1ccn[nH]1. The van der Waals surface area contributed by atoms with Crippen molar-refractivity contribution in [2.45, 2.75) is 26.3 Å². The van der Waals surface area contributed by atoms with Crippen LogP contribution < -0.4 is 10.6 Å². The summed E-state index contributed by atoms with van der Waals surface area (Å²) in [5.74, 6) is 0.255. The average Bonchev–Trinajstić information content (AvgIpc) is 2.99. The van der Waals surface area contributed by atoms with Gasteiger partial charge < -0.3 is 10.6 Å². The summed E-state index contributed by atoms with van der Waals surface area (Å²) in [7, 11) is 0. The van der Waals surface area contributed by atoms with Gasteiger partial charge in [-0.15, -0.1) is 0 Å². The van der Waals surface area contributed by atoms with E-state index in [0.29, 0.717) is 17.8 Å². The molecule has 6 nitrogen and oxygen atoms in total. The number of H-pyrrole nitrogens is 1. The Morgan fingerprint density at radius 1 is 1.22 bits per heavy atom. The van der Waals surface area contributed by atoms with Crippen LogP contribution in [-0.2, 0) is 4.79 Å². The number of hydrogen-bond donors (Lipinski definition) is 3. The van der Waals surface area contributed by atoms with Crippen LogP contribution in [0.2, 0.25) is 0 Å². The Hall–Kier alpha value is -1.90. The van der Waals surface area contributed by atoms with Crippen LogP contribution in [0.1, 0.15) is 30.6 Å². The summed E-state index contributed by atoms with van der Waals surface area (Å²) >= 11 is 2.18. The predicted molar refractivity (Wildman–Crippen MR) is 97.1 cm³/mol. The molecule has 7 heteroatoms. The van der Waals surface area contributed by atoms with Crippen molar-refractivity contribution in [1.29, 1.82) is 0 Å². The van der Waals surface area contributed by atoms with Gasteiger partial charge in [0, 0.05) is 15.2 Å². The summed E-state index contributed by atoms with van der Waals surface area (Å²) in [5.41, 5.74) is 0.536. The Kier molecular flexibility index (Phi) is 6.14. The third-order valence-electron chi connectivity index (χ3n) is 3.19. The lowest BCUT2D eigenvalue weighted by Gasteiger charge is -2.19. The topological polar surface area (TPSA) is 86.9 Å². The Balaban J connectivity index is 2.06. The van der Waals surface area contributed by atoms with Gasteiger partial charge in [0.1, 0.15) is 11.9 Å². The van der Waals surface area contributed by atoms with Crippen LogP contribution in [0.25, 0.3) is 0 Å². The summed E-state index contributed by atoms with van der Waals surface area (Å²) in [6, 6.07) is 8.26. The highest BCUT2D eigenvalue weighted by Gasteiger charge is 2.23. The van der Waals surface area contributed by atoms with Crippen LogP contribution >= 0.6 is 22.6 Å². The number of nitrogens with zero attached hydrogens (tertiary/aromatic N) is 1. The number of halogens is 1. The van der Waals surface area contributed by atoms with E-state index in [1.807, 2.05) is 26.0 Å². The van der Waals surface area contributed by atoms with Crippen LogP contribution in [0.4, 0.5) is 5.82 Å². The average molecular weight is 426 g/mol. The first kappa shape index (κ1) is 17.5. The molecule has 0 saturated heterocycles. The van der Waals surface area contributed by atoms with Gasteiger partial charge in [-0.1, -0.05) is 13.8 Å². The molecular weight excluding hydrogens is 407 g/mol. The zero-order valence-corrected chi connectivity index (χ0v) is 15.1. The van der Waals surface area contributed by atoms with Crippen molar-refractivity contribution in [2.75, 3.05) is 5.32 Å². The lowest BCUT2D eigenvalue weighted by Crippen LogP contribution is -2.44. The van der Waals surface area contributed by atoms with Crippen LogP contribution in [-0.4, -0.2) is 28.1 Å². The minimum atomic E-state index is -0.606. The van der Waals surface area contributed by atoms with Gasteiger partial charge in [0.2, 0.25) is 5.91 Å². The number of rotatable bonds is 6. The molecule has 0 bridgehead atoms. The molecule has 1 atom stereocenters. The monoisotopic (exact) mass is 426 g/mol. The standard InChI is InChI=1S/C16H19IN4O2/c1-10(2)9-13(16(23)20-14-7-8-18-21-14)19-15(22)11-3-5-12(17)6-4-11/h3-8,10,13H,9H2,1-2H3,(H,19,22)(H2,18,20,21,23). The van der Waals surface area contributed by atoms with E-state index >= 15 is 0 Å². The van der Waals surface area contributed by atoms with E-state index in [9.17, 15) is 9.59 Å². The third-order valence-corrected chi connectivity index (χ3v) is 3.91. The fourth-order valence-corrected chi connectivity index (χ4v) is 2.45. The second kappa shape index (κ2) is 8.09. The molecule has 1 heterocycles. The van der Waals surface area contributed by atoms with Crippen molar-refractivity contribution in [3.05, 3.63) is 45.7 Å². The molecule has 0 saturated carbocycles. The molecule has 2 aromatic rings. The van der Waals surface area contributed by atoms with Crippen LogP contribution in [0, 0.1) is 9.49 Å². The lowest BCUT2D eigenvalue weighted by atomic mass is 10.0. The van der Waals surface area contributed by atoms with E-state index in [1.165, 1.54) is 0 Å². The lowest BCUT2D eigenvalue weighted by molar-refractivity contribution is -0.118. The summed E-state index contributed by atoms with van der Waals surface area (Å²) in [6.45, 7) is 4.01. The molecule has 3 N–H and O–H groups in total. The molecule has 1 aromatic heterocycles. The molecule has 23 heavy (non-hydrogen) atoms. The van der Waals surface area contributed by atoms with E-state index in [0.717, 1.165) is 3.57 Å². The highest BCUT2D eigenvalue weighted by molar-refractivity contribution is 14.1. The Morgan fingerprint density at radius 2 is 1.91 bits per heavy atom. The molecule has 1 aromatic carbocycles. The number of amides is 2. The predicted octanol–water partition coefficient (Wildman–Crippen LogP) is 2.80. The Morgan fingerprint density at radius 3 is 2.48 bits per heavy atom. The minimum Gasteiger partial charge on any atom is -0.340 e. The normalized spacial score (nSPS) is 12.0. The van der Waals surface area contributed by atoms with Gasteiger partial charge >= 0.3 is 0 Å². The van der Waals surface area contributed by atoms with Crippen LogP contribution in [0.15, 0.2) is 36.5 Å². The van der Waals surface area contributed by atoms with Gasteiger partial charge in [-0.3, -0.25) is 14.7 Å². The number of aromatic amines is 1. The van der Waals surface area contributed by atoms with Crippen molar-refractivity contribution in [3.8, 4) is 0 Å². The first-order valence-electron chi connectivity index (χ1n) is 7.32. The van der Waals surface area contributed by atoms with E-state index in [1.54, 1.807) is 24.4 Å². The van der Waals surface area contributed by atoms with Crippen molar-refractivity contribution in [3.63, 3.8) is 0 Å². The van der Waals surface area contributed by atoms with Crippen LogP contribution in [0.3, 0.4) is 0 Å². The second-order valence-electron chi connectivity index (χ2n) is 5.62. The van der Waals surface area contributed by atoms with Gasteiger partial charge in [0.05, 0.1) is 6.20 Å². The molecule has 0 aliphatic heterocycles. The van der Waals surface area contributed by atoms with Crippen molar-refractivity contribution >= 4 is 40.2 Å². The quantitative estimate of drug-likeness (QED) is 0.621. The summed E-state index contributed by atoms with van der Waals surface area (Å²) in [5, 5.41) is 12.0. The zero-order chi connectivity index (χ0) is 16.8. The fourth-order valence-electron chi connectivity index (χ4n) is 2.09. The van der Waals surface area contributed by atoms with Gasteiger partial charge in [-0.2, -0.15) is 5.10 Å². The summed E-state index contributed by atoms with van der Waals surface area (Å²) in [4.78, 5) is 24.7. The zero-order valence-electron chi connectivity index (χ0n) is 13.0. The molecule has 0 aliphatic rings. The molecule has 2 rings (SSSR count). The molecule has 0 aliphatic carbocycles. The van der Waals surface area contributed by atoms with Gasteiger partial charge in [0.15, 0.2) is 0 Å². The highest BCUT2D eigenvalue weighted by atomic mass is 127. The molecule has 0 radical (unpaired) electrons. The van der Waals surface area contributed by atoms with E-state index in [4.69, 9.17) is 0 Å². The Labute approximate surface area is 148 Å². The van der Waals surface area contributed by atoms with Gasteiger partial charge in [-0.05, 0) is 59.2 Å². The number of carbonyl (C=O) groups excluding carboxylic acids is 2. The van der Waals surface area contributed by atoms with Crippen LogP contribution in [0.5, 0.6) is 0 Å². The van der Waals surface area contributed by atoms with E-state index < -0.39 is 6.04 Å². The fraction of sp³-hybridized carbons (Fsp3) is 0.312. The van der Waals surface area contributed by atoms with Crippen molar-refractivity contribution < 1.29 is 9.59 Å². The third kappa shape index (κ3) is 5.34. The maximum Gasteiger partial charge on any atom is 0.251 e. The minimum absolute atomic E-state index is 0.258. The van der Waals surface area contributed by atoms with Gasteiger partial charge in [-0.25, -0.2) is 0 Å². The first-order chi connectivity index (χ1) is 11.0. The number of anilines is 1. The van der Waals surface area contributed by atoms with Crippen molar-refractivity contribution in [1.82, 2.24) is 15.5 Å². The largest absolute Gasteiger partial charge is 0.340 e. The highest BCUT2D eigenvalue weighted by Crippen LogP contribution is 2.11. The second-order valence-corrected chi connectivity index (χ2v) is 6.87. The van der Waals surface area contributed by atoms with Gasteiger partial charge in [0.25, 0.3) is 5.91 Å². The number of benzene rings is 1. The summed E-state index contributed by atoms with van der Waals surface area (Å²) < 4.78 is 1.05. The maximum atomic E-state index is 12.4. The Bertz CT molecular complexity index is 653. The molecule has 0 fully saturated rings. The van der Waals surface area contributed by atoms with E-state index in [2.05, 4.69) is 43.4 Å². The number of hydrogen-bond acceptors (Lipinski definition) is 3. The van der Waals surface area contributed by atoms with Crippen molar-refractivity contribution in [2.24, 2.45) is 5.92 Å². The van der Waals surface area contributed by atoms with E-state index in [-0.39, 0.29) is 17.7 Å². The molecular formula is C16H19IN4O2. The first-order valence-corrected chi connectivity index (χ1v) is 8.40. The molecule has 2 amide bonds. The number of aromatic nitrogens is 2. The molecule has 1 unspecified atom stereocenters. The number of carbonyl (C=O) groups is 2. The molecule has 122 valence electrons. The molecule has 0 spiro atoms. The smallest absolute Gasteiger partial charge is 0.251 e. The number of nitrogens with one attached hydrogen (secondary N) is 3. The summed E-state index contributed by atoms with van der Waals surface area (Å²) in [6.07, 6.45) is 2.10. The maximum absolute atomic E-state index is 12.4.